The zero-order valence-electron chi connectivity index (χ0n) is 19.3. The quantitative estimate of drug-likeness (QED) is 0.614. The van der Waals surface area contributed by atoms with E-state index in [-0.39, 0.29) is 23.6 Å². The maximum atomic E-state index is 14.0. The van der Waals surface area contributed by atoms with Gasteiger partial charge in [0.05, 0.1) is 11.5 Å². The first-order valence-corrected chi connectivity index (χ1v) is 12.4. The Morgan fingerprint density at radius 3 is 2.39 bits per heavy atom. The number of carbonyl (C=O) groups excluding carboxylic acids is 3. The molecule has 0 saturated heterocycles. The smallest absolute Gasteiger partial charge is 0.254 e. The van der Waals surface area contributed by atoms with Crippen molar-refractivity contribution in [2.45, 2.75) is 82.2 Å². The van der Waals surface area contributed by atoms with Gasteiger partial charge in [0.1, 0.15) is 0 Å². The zero-order chi connectivity index (χ0) is 23.0. The third-order valence-corrected chi connectivity index (χ3v) is 7.95. The molecular weight excluding hydrogens is 412 g/mol. The van der Waals surface area contributed by atoms with Crippen LogP contribution in [0.1, 0.15) is 96.9 Å². The highest BCUT2D eigenvalue weighted by atomic mass is 16.2. The minimum absolute atomic E-state index is 0.0316. The minimum atomic E-state index is -0.485. The summed E-state index contributed by atoms with van der Waals surface area (Å²) in [4.78, 5) is 41.9. The Morgan fingerprint density at radius 2 is 1.67 bits per heavy atom. The highest BCUT2D eigenvalue weighted by Gasteiger charge is 2.56. The van der Waals surface area contributed by atoms with Crippen molar-refractivity contribution in [3.05, 3.63) is 65.2 Å². The molecule has 2 aliphatic carbocycles. The fraction of sp³-hybridized carbons (Fsp3) is 0.464. The summed E-state index contributed by atoms with van der Waals surface area (Å²) in [6, 6.07) is 15.0. The predicted octanol–water partition coefficient (Wildman–Crippen LogP) is 5.71. The van der Waals surface area contributed by atoms with Crippen LogP contribution in [-0.2, 0) is 4.79 Å². The van der Waals surface area contributed by atoms with E-state index in [1.54, 1.807) is 18.2 Å². The van der Waals surface area contributed by atoms with E-state index in [0.29, 0.717) is 16.8 Å². The second kappa shape index (κ2) is 8.77. The summed E-state index contributed by atoms with van der Waals surface area (Å²) in [6.45, 7) is 1.53. The Bertz CT molecular complexity index is 1080. The molecule has 1 heterocycles. The van der Waals surface area contributed by atoms with Gasteiger partial charge in [-0.2, -0.15) is 0 Å². The Labute approximate surface area is 195 Å². The molecule has 5 heteroatoms. The standard InChI is InChI=1S/C28H32N2O3/c1-19(31)20-10-9-11-21(18-20)29-26(32)25-23-14-5-6-15-24(23)27(33)30(22-12-3-4-13-22)28(25)16-7-2-8-17-28/h5-6,9-11,14-15,18,22,25H,2-4,7-8,12-13,16-17H2,1H3,(H,29,32)/t25-/m0/s1. The molecule has 2 aromatic carbocycles. The number of benzene rings is 2. The van der Waals surface area contributed by atoms with Gasteiger partial charge in [-0.05, 0) is 56.4 Å². The molecule has 1 spiro atoms. The summed E-state index contributed by atoms with van der Waals surface area (Å²) >= 11 is 0. The lowest BCUT2D eigenvalue weighted by atomic mass is 9.64. The van der Waals surface area contributed by atoms with Gasteiger partial charge in [0.2, 0.25) is 5.91 Å². The van der Waals surface area contributed by atoms with Crippen molar-refractivity contribution in [2.75, 3.05) is 5.32 Å². The summed E-state index contributed by atoms with van der Waals surface area (Å²) in [5.41, 5.74) is 2.23. The topological polar surface area (TPSA) is 66.5 Å². The number of hydrogen-bond acceptors (Lipinski definition) is 3. The fourth-order valence-corrected chi connectivity index (χ4v) is 6.51. The summed E-state index contributed by atoms with van der Waals surface area (Å²) in [7, 11) is 0. The molecule has 33 heavy (non-hydrogen) atoms. The van der Waals surface area contributed by atoms with E-state index in [1.165, 1.54) is 6.92 Å². The molecule has 5 nitrogen and oxygen atoms in total. The van der Waals surface area contributed by atoms with Gasteiger partial charge in [-0.1, -0.05) is 62.4 Å². The normalized spacial score (nSPS) is 22.3. The van der Waals surface area contributed by atoms with Crippen LogP contribution in [-0.4, -0.2) is 34.1 Å². The lowest BCUT2D eigenvalue weighted by Gasteiger charge is -2.56. The Hall–Kier alpha value is -2.95. The lowest BCUT2D eigenvalue weighted by Crippen LogP contribution is -2.64. The molecule has 2 saturated carbocycles. The van der Waals surface area contributed by atoms with Crippen molar-refractivity contribution in [3.63, 3.8) is 0 Å². The van der Waals surface area contributed by atoms with Crippen LogP contribution in [0.2, 0.25) is 0 Å². The number of Topliss-reactive ketones (excluding diaryl/α,β-unsaturated/α-hetero) is 1. The number of fused-ring (bicyclic) bond motifs is 1. The zero-order valence-corrected chi connectivity index (χ0v) is 19.3. The molecule has 0 aromatic heterocycles. The SMILES string of the molecule is CC(=O)c1cccc(NC(=O)[C@@H]2c3ccccc3C(=O)N(C3CCCC3)C23CCCCC3)c1. The molecule has 172 valence electrons. The van der Waals surface area contributed by atoms with Gasteiger partial charge >= 0.3 is 0 Å². The molecule has 1 N–H and O–H groups in total. The predicted molar refractivity (Wildman–Crippen MR) is 129 cm³/mol. The Morgan fingerprint density at radius 1 is 0.939 bits per heavy atom. The average Bonchev–Trinajstić information content (AvgIpc) is 3.34. The number of carbonyl (C=O) groups is 3. The maximum absolute atomic E-state index is 14.0. The monoisotopic (exact) mass is 444 g/mol. The van der Waals surface area contributed by atoms with Gasteiger partial charge in [0, 0.05) is 22.9 Å². The molecule has 2 aromatic rings. The molecule has 2 fully saturated rings. The van der Waals surface area contributed by atoms with Crippen LogP contribution in [0.25, 0.3) is 0 Å². The first-order chi connectivity index (χ1) is 16.0. The van der Waals surface area contributed by atoms with Crippen LogP contribution >= 0.6 is 0 Å². The molecule has 0 unspecified atom stereocenters. The second-order valence-electron chi connectivity index (χ2n) is 9.92. The van der Waals surface area contributed by atoms with Gasteiger partial charge in [-0.15, -0.1) is 0 Å². The summed E-state index contributed by atoms with van der Waals surface area (Å²) in [5.74, 6) is -0.438. The Balaban J connectivity index is 1.60. The highest BCUT2D eigenvalue weighted by Crippen LogP contribution is 2.51. The maximum Gasteiger partial charge on any atom is 0.254 e. The highest BCUT2D eigenvalue weighted by molar-refractivity contribution is 6.05. The van der Waals surface area contributed by atoms with Crippen molar-refractivity contribution >= 4 is 23.3 Å². The van der Waals surface area contributed by atoms with Crippen LogP contribution in [0.3, 0.4) is 0 Å². The first kappa shape index (κ1) is 21.9. The van der Waals surface area contributed by atoms with Gasteiger partial charge in [-0.25, -0.2) is 0 Å². The number of amides is 2. The van der Waals surface area contributed by atoms with Crippen LogP contribution in [0.15, 0.2) is 48.5 Å². The summed E-state index contributed by atoms with van der Waals surface area (Å²) in [6.07, 6.45) is 9.23. The summed E-state index contributed by atoms with van der Waals surface area (Å²) in [5, 5.41) is 3.12. The largest absolute Gasteiger partial charge is 0.329 e. The van der Waals surface area contributed by atoms with Crippen molar-refractivity contribution < 1.29 is 14.4 Å². The number of hydrogen-bond donors (Lipinski definition) is 1. The van der Waals surface area contributed by atoms with E-state index in [0.717, 1.165) is 63.4 Å². The summed E-state index contributed by atoms with van der Waals surface area (Å²) < 4.78 is 0. The van der Waals surface area contributed by atoms with Crippen LogP contribution < -0.4 is 5.32 Å². The van der Waals surface area contributed by atoms with Crippen molar-refractivity contribution in [1.29, 1.82) is 0 Å². The Kier molecular flexibility index (Phi) is 5.81. The van der Waals surface area contributed by atoms with Gasteiger partial charge in [0.15, 0.2) is 5.78 Å². The van der Waals surface area contributed by atoms with Crippen LogP contribution in [0.4, 0.5) is 5.69 Å². The van der Waals surface area contributed by atoms with Crippen LogP contribution in [0, 0.1) is 0 Å². The van der Waals surface area contributed by atoms with E-state index >= 15 is 0 Å². The lowest BCUT2D eigenvalue weighted by molar-refractivity contribution is -0.123. The van der Waals surface area contributed by atoms with Crippen molar-refractivity contribution in [1.82, 2.24) is 4.90 Å². The molecule has 1 atom stereocenters. The molecule has 5 rings (SSSR count). The van der Waals surface area contributed by atoms with Gasteiger partial charge in [0.25, 0.3) is 5.91 Å². The number of nitrogens with one attached hydrogen (secondary N) is 1. The molecule has 3 aliphatic rings. The number of anilines is 1. The molecule has 1 aliphatic heterocycles. The van der Waals surface area contributed by atoms with Crippen LogP contribution in [0.5, 0.6) is 0 Å². The van der Waals surface area contributed by atoms with E-state index < -0.39 is 11.5 Å². The van der Waals surface area contributed by atoms with Crippen molar-refractivity contribution in [2.24, 2.45) is 0 Å². The third kappa shape index (κ3) is 3.77. The van der Waals surface area contributed by atoms with Gasteiger partial charge < -0.3 is 10.2 Å². The minimum Gasteiger partial charge on any atom is -0.329 e. The van der Waals surface area contributed by atoms with E-state index in [4.69, 9.17) is 0 Å². The fourth-order valence-electron chi connectivity index (χ4n) is 6.51. The van der Waals surface area contributed by atoms with E-state index in [2.05, 4.69) is 10.2 Å². The second-order valence-corrected chi connectivity index (χ2v) is 9.92. The van der Waals surface area contributed by atoms with Gasteiger partial charge in [-0.3, -0.25) is 14.4 Å². The molecular formula is C28H32N2O3. The number of rotatable bonds is 4. The number of nitrogens with zero attached hydrogens (tertiary/aromatic N) is 1. The number of ketones is 1. The van der Waals surface area contributed by atoms with E-state index in [1.807, 2.05) is 30.3 Å². The molecule has 0 bridgehead atoms. The van der Waals surface area contributed by atoms with Crippen molar-refractivity contribution in [3.8, 4) is 0 Å². The first-order valence-electron chi connectivity index (χ1n) is 12.4. The molecule has 2 amide bonds. The molecule has 0 radical (unpaired) electrons. The average molecular weight is 445 g/mol. The van der Waals surface area contributed by atoms with E-state index in [9.17, 15) is 14.4 Å². The third-order valence-electron chi connectivity index (χ3n) is 7.95.